The van der Waals surface area contributed by atoms with Crippen LogP contribution < -0.4 is 5.56 Å². The minimum atomic E-state index is -0.0587. The molecule has 4 rings (SSSR count). The number of hydrogen-bond acceptors (Lipinski definition) is 3. The van der Waals surface area contributed by atoms with Gasteiger partial charge in [0.2, 0.25) is 0 Å². The number of aromatic amines is 1. The van der Waals surface area contributed by atoms with E-state index >= 15 is 0 Å². The van der Waals surface area contributed by atoms with Crippen molar-refractivity contribution in [1.29, 1.82) is 0 Å². The summed E-state index contributed by atoms with van der Waals surface area (Å²) in [7, 11) is 1.75. The van der Waals surface area contributed by atoms with Gasteiger partial charge < -0.3 is 4.57 Å². The van der Waals surface area contributed by atoms with Crippen molar-refractivity contribution >= 4 is 0 Å². The molecule has 0 radical (unpaired) electrons. The van der Waals surface area contributed by atoms with Gasteiger partial charge in [0.15, 0.2) is 0 Å². The van der Waals surface area contributed by atoms with Crippen LogP contribution in [0, 0.1) is 0 Å². The quantitative estimate of drug-likeness (QED) is 0.625. The third-order valence-electron chi connectivity index (χ3n) is 4.17. The molecule has 0 aliphatic rings. The Morgan fingerprint density at radius 2 is 1.88 bits per heavy atom. The monoisotopic (exact) mass is 331 g/mol. The maximum atomic E-state index is 12.1. The molecule has 3 aromatic heterocycles. The number of nitrogens with zero attached hydrogens (tertiary/aromatic N) is 4. The Kier molecular flexibility index (Phi) is 3.78. The topological polar surface area (TPSA) is 68.5 Å². The number of rotatable bonds is 4. The average Bonchev–Trinajstić information content (AvgIpc) is 3.30. The lowest BCUT2D eigenvalue weighted by atomic mass is 10.0. The maximum Gasteiger partial charge on any atom is 0.250 e. The second kappa shape index (κ2) is 6.24. The average molecular weight is 331 g/mol. The third-order valence-corrected chi connectivity index (χ3v) is 4.17. The van der Waals surface area contributed by atoms with Gasteiger partial charge in [-0.15, -0.1) is 0 Å². The Hall–Kier alpha value is -3.41. The first kappa shape index (κ1) is 15.1. The molecule has 6 nitrogen and oxygen atoms in total. The number of nitrogens with one attached hydrogen (secondary N) is 1. The lowest BCUT2D eigenvalue weighted by Crippen LogP contribution is -2.15. The zero-order valence-electron chi connectivity index (χ0n) is 13.8. The Labute approximate surface area is 144 Å². The van der Waals surface area contributed by atoms with E-state index in [2.05, 4.69) is 27.4 Å². The molecule has 0 aliphatic heterocycles. The molecule has 4 aromatic rings. The van der Waals surface area contributed by atoms with E-state index in [1.54, 1.807) is 30.1 Å². The van der Waals surface area contributed by atoms with Gasteiger partial charge in [0.1, 0.15) is 0 Å². The van der Waals surface area contributed by atoms with Crippen LogP contribution in [0.1, 0.15) is 5.56 Å². The second-order valence-corrected chi connectivity index (χ2v) is 5.95. The molecule has 0 fully saturated rings. The van der Waals surface area contributed by atoms with Crippen LogP contribution in [0.25, 0.3) is 22.3 Å². The summed E-state index contributed by atoms with van der Waals surface area (Å²) in [5.41, 5.74) is 4.76. The molecule has 0 saturated heterocycles. The zero-order valence-corrected chi connectivity index (χ0v) is 13.8. The molecule has 0 spiro atoms. The summed E-state index contributed by atoms with van der Waals surface area (Å²) < 4.78 is 3.47. The first-order valence-corrected chi connectivity index (χ1v) is 7.97. The summed E-state index contributed by atoms with van der Waals surface area (Å²) in [6.45, 7) is 0.702. The van der Waals surface area contributed by atoms with Gasteiger partial charge in [-0.25, -0.2) is 0 Å². The standard InChI is InChI=1S/C19H17N5O/c1-23-13-18(17(7-19(23)25)15-8-20-21-9-15)16-10-22-24(12-16)11-14-5-3-2-4-6-14/h2-10,12-13H,11H2,1H3,(H,20,21). The molecular weight excluding hydrogens is 314 g/mol. The normalized spacial score (nSPS) is 10.9. The van der Waals surface area contributed by atoms with E-state index in [1.165, 1.54) is 5.56 Å². The molecule has 0 atom stereocenters. The van der Waals surface area contributed by atoms with Crippen LogP contribution in [0.2, 0.25) is 0 Å². The van der Waals surface area contributed by atoms with Crippen molar-refractivity contribution in [3.8, 4) is 22.3 Å². The summed E-state index contributed by atoms with van der Waals surface area (Å²) in [6.07, 6.45) is 9.16. The van der Waals surface area contributed by atoms with E-state index in [9.17, 15) is 4.79 Å². The number of H-pyrrole nitrogens is 1. The highest BCUT2D eigenvalue weighted by molar-refractivity contribution is 5.81. The summed E-state index contributed by atoms with van der Waals surface area (Å²) >= 11 is 0. The molecule has 3 heterocycles. The first-order chi connectivity index (χ1) is 12.2. The summed E-state index contributed by atoms with van der Waals surface area (Å²) in [5, 5.41) is 11.3. The van der Waals surface area contributed by atoms with Crippen molar-refractivity contribution in [2.24, 2.45) is 7.05 Å². The third kappa shape index (κ3) is 3.01. The van der Waals surface area contributed by atoms with Gasteiger partial charge in [-0.1, -0.05) is 30.3 Å². The van der Waals surface area contributed by atoms with Crippen molar-refractivity contribution in [2.45, 2.75) is 6.54 Å². The molecule has 1 N–H and O–H groups in total. The summed E-state index contributed by atoms with van der Waals surface area (Å²) in [5.74, 6) is 0. The first-order valence-electron chi connectivity index (χ1n) is 7.97. The Bertz CT molecular complexity index is 1050. The van der Waals surface area contributed by atoms with Gasteiger partial charge in [-0.2, -0.15) is 10.2 Å². The Morgan fingerprint density at radius 3 is 2.64 bits per heavy atom. The fourth-order valence-corrected chi connectivity index (χ4v) is 2.86. The number of pyridine rings is 1. The molecule has 0 unspecified atom stereocenters. The Balaban J connectivity index is 1.75. The van der Waals surface area contributed by atoms with E-state index in [1.807, 2.05) is 41.5 Å². The van der Waals surface area contributed by atoms with Crippen LogP contribution >= 0.6 is 0 Å². The van der Waals surface area contributed by atoms with Crippen molar-refractivity contribution in [1.82, 2.24) is 24.5 Å². The molecule has 0 saturated carbocycles. The molecule has 25 heavy (non-hydrogen) atoms. The predicted molar refractivity (Wildman–Crippen MR) is 96.0 cm³/mol. The molecule has 0 amide bonds. The van der Waals surface area contributed by atoms with Gasteiger partial charge in [0.05, 0.1) is 18.9 Å². The molecule has 1 aromatic carbocycles. The van der Waals surface area contributed by atoms with Crippen LogP contribution in [0.5, 0.6) is 0 Å². The van der Waals surface area contributed by atoms with Crippen molar-refractivity contribution in [3.63, 3.8) is 0 Å². The van der Waals surface area contributed by atoms with Crippen LogP contribution in [-0.2, 0) is 13.6 Å². The van der Waals surface area contributed by atoms with Gasteiger partial charge in [-0.05, 0) is 11.1 Å². The minimum absolute atomic E-state index is 0.0587. The Morgan fingerprint density at radius 1 is 1.04 bits per heavy atom. The maximum absolute atomic E-state index is 12.1. The van der Waals surface area contributed by atoms with Crippen LogP contribution in [0.15, 0.2) is 72.2 Å². The smallest absolute Gasteiger partial charge is 0.250 e. The summed E-state index contributed by atoms with van der Waals surface area (Å²) in [6, 6.07) is 11.8. The number of benzene rings is 1. The van der Waals surface area contributed by atoms with E-state index < -0.39 is 0 Å². The molecular formula is C19H17N5O. The zero-order chi connectivity index (χ0) is 17.2. The van der Waals surface area contributed by atoms with Crippen LogP contribution in [0.3, 0.4) is 0 Å². The van der Waals surface area contributed by atoms with Gasteiger partial charge in [-0.3, -0.25) is 14.6 Å². The highest BCUT2D eigenvalue weighted by Crippen LogP contribution is 2.30. The van der Waals surface area contributed by atoms with Gasteiger partial charge >= 0.3 is 0 Å². The highest BCUT2D eigenvalue weighted by Gasteiger charge is 2.12. The fourth-order valence-electron chi connectivity index (χ4n) is 2.86. The SMILES string of the molecule is Cn1cc(-c2cnn(Cc3ccccc3)c2)c(-c2cn[nH]c2)cc1=O. The number of aromatic nitrogens is 5. The van der Waals surface area contributed by atoms with Crippen molar-refractivity contribution in [3.05, 3.63) is 83.3 Å². The number of aryl methyl sites for hydroxylation is 1. The second-order valence-electron chi connectivity index (χ2n) is 5.95. The predicted octanol–water partition coefficient (Wildman–Crippen LogP) is 2.69. The molecule has 0 bridgehead atoms. The molecule has 124 valence electrons. The minimum Gasteiger partial charge on any atom is -0.318 e. The fraction of sp³-hybridized carbons (Fsp3) is 0.105. The van der Waals surface area contributed by atoms with E-state index in [0.29, 0.717) is 6.54 Å². The van der Waals surface area contributed by atoms with E-state index in [-0.39, 0.29) is 5.56 Å². The summed E-state index contributed by atoms with van der Waals surface area (Å²) in [4.78, 5) is 12.1. The number of hydrogen-bond donors (Lipinski definition) is 1. The van der Waals surface area contributed by atoms with Crippen LogP contribution in [-0.4, -0.2) is 24.5 Å². The highest BCUT2D eigenvalue weighted by atomic mass is 16.1. The lowest BCUT2D eigenvalue weighted by Gasteiger charge is -2.08. The van der Waals surface area contributed by atoms with Gasteiger partial charge in [0, 0.05) is 48.4 Å². The molecule has 0 aliphatic carbocycles. The molecule has 6 heteroatoms. The van der Waals surface area contributed by atoms with E-state index in [0.717, 1.165) is 22.3 Å². The van der Waals surface area contributed by atoms with Crippen molar-refractivity contribution in [2.75, 3.05) is 0 Å². The van der Waals surface area contributed by atoms with E-state index in [4.69, 9.17) is 0 Å². The van der Waals surface area contributed by atoms with Gasteiger partial charge in [0.25, 0.3) is 5.56 Å². The largest absolute Gasteiger partial charge is 0.318 e. The van der Waals surface area contributed by atoms with Crippen molar-refractivity contribution < 1.29 is 0 Å². The van der Waals surface area contributed by atoms with Crippen LogP contribution in [0.4, 0.5) is 0 Å². The lowest BCUT2D eigenvalue weighted by molar-refractivity contribution is 0.687.